The third-order valence-corrected chi connectivity index (χ3v) is 5.09. The lowest BCUT2D eigenvalue weighted by Crippen LogP contribution is -2.38. The number of urea groups is 1. The molecule has 4 rings (SSSR count). The highest BCUT2D eigenvalue weighted by Gasteiger charge is 2.24. The Morgan fingerprint density at radius 1 is 1.07 bits per heavy atom. The number of ether oxygens (including phenoxy) is 3. The number of fused-ring (bicyclic) bond motifs is 3. The minimum Gasteiger partial charge on any atom is -0.493 e. The number of hydrogen-bond donors (Lipinski definition) is 2. The fourth-order valence-corrected chi connectivity index (χ4v) is 3.70. The topological polar surface area (TPSA) is 75.8 Å². The zero-order chi connectivity index (χ0) is 19.7. The van der Waals surface area contributed by atoms with Crippen molar-refractivity contribution in [2.75, 3.05) is 33.2 Å². The first kappa shape index (κ1) is 18.0. The van der Waals surface area contributed by atoms with Gasteiger partial charge in [-0.05, 0) is 6.07 Å². The summed E-state index contributed by atoms with van der Waals surface area (Å²) < 4.78 is 16.0. The van der Waals surface area contributed by atoms with Crippen molar-refractivity contribution in [2.45, 2.75) is 13.0 Å². The monoisotopic (exact) mass is 381 g/mol. The van der Waals surface area contributed by atoms with Crippen LogP contribution in [0.2, 0.25) is 0 Å². The zero-order valence-corrected chi connectivity index (χ0v) is 16.2. The van der Waals surface area contributed by atoms with Crippen LogP contribution in [0.1, 0.15) is 11.3 Å². The standard InChI is InChI=1S/C21H23N3O4/c1-26-18-10-13(11-19(27-2)20(18)28-3)22-21(25)24-9-8-17-15(12-24)14-6-4-5-7-16(14)23-17/h4-7,10-11,23H,8-9,12H2,1-3H3,(H,22,25). The highest BCUT2D eigenvalue weighted by atomic mass is 16.5. The van der Waals surface area contributed by atoms with E-state index < -0.39 is 0 Å². The molecule has 0 spiro atoms. The van der Waals surface area contributed by atoms with Gasteiger partial charge in [0.2, 0.25) is 5.75 Å². The Morgan fingerprint density at radius 2 is 1.79 bits per heavy atom. The summed E-state index contributed by atoms with van der Waals surface area (Å²) in [5.41, 5.74) is 4.09. The summed E-state index contributed by atoms with van der Waals surface area (Å²) in [5.74, 6) is 1.48. The van der Waals surface area contributed by atoms with Crippen molar-refractivity contribution in [3.8, 4) is 17.2 Å². The summed E-state index contributed by atoms with van der Waals surface area (Å²) in [5, 5.41) is 4.11. The van der Waals surface area contributed by atoms with Gasteiger partial charge in [-0.2, -0.15) is 0 Å². The molecule has 1 aromatic heterocycles. The lowest BCUT2D eigenvalue weighted by Gasteiger charge is -2.27. The predicted octanol–water partition coefficient (Wildman–Crippen LogP) is 3.78. The Labute approximate surface area is 163 Å². The van der Waals surface area contributed by atoms with Crippen molar-refractivity contribution in [3.05, 3.63) is 47.7 Å². The average Bonchev–Trinajstić information content (AvgIpc) is 3.10. The average molecular weight is 381 g/mol. The number of aromatic nitrogens is 1. The molecule has 1 aliphatic rings. The van der Waals surface area contributed by atoms with Crippen molar-refractivity contribution in [3.63, 3.8) is 0 Å². The van der Waals surface area contributed by atoms with Crippen LogP contribution in [0.25, 0.3) is 10.9 Å². The predicted molar refractivity (Wildman–Crippen MR) is 108 cm³/mol. The number of H-pyrrole nitrogens is 1. The van der Waals surface area contributed by atoms with E-state index in [4.69, 9.17) is 14.2 Å². The van der Waals surface area contributed by atoms with Gasteiger partial charge in [-0.3, -0.25) is 0 Å². The van der Waals surface area contributed by atoms with Gasteiger partial charge in [0.1, 0.15) is 0 Å². The Kier molecular flexibility index (Phi) is 4.73. The Hall–Kier alpha value is -3.35. The lowest BCUT2D eigenvalue weighted by molar-refractivity contribution is 0.206. The third kappa shape index (κ3) is 3.09. The van der Waals surface area contributed by atoms with Crippen molar-refractivity contribution in [1.82, 2.24) is 9.88 Å². The van der Waals surface area contributed by atoms with Gasteiger partial charge in [-0.1, -0.05) is 18.2 Å². The van der Waals surface area contributed by atoms with E-state index in [-0.39, 0.29) is 6.03 Å². The fraction of sp³-hybridized carbons (Fsp3) is 0.286. The summed E-state index contributed by atoms with van der Waals surface area (Å²) >= 11 is 0. The third-order valence-electron chi connectivity index (χ3n) is 5.09. The number of hydrogen-bond acceptors (Lipinski definition) is 4. The van der Waals surface area contributed by atoms with Gasteiger partial charge in [0.05, 0.1) is 27.0 Å². The maximum absolute atomic E-state index is 12.9. The number of carbonyl (C=O) groups is 1. The molecule has 2 N–H and O–H groups in total. The van der Waals surface area contributed by atoms with Gasteiger partial charge < -0.3 is 29.4 Å². The highest BCUT2D eigenvalue weighted by molar-refractivity contribution is 5.91. The van der Waals surface area contributed by atoms with Gasteiger partial charge >= 0.3 is 6.03 Å². The minimum absolute atomic E-state index is 0.162. The van der Waals surface area contributed by atoms with E-state index in [9.17, 15) is 4.79 Å². The molecule has 2 amide bonds. The number of benzene rings is 2. The van der Waals surface area contributed by atoms with Gasteiger partial charge in [0, 0.05) is 53.8 Å². The molecule has 0 aliphatic carbocycles. The molecule has 28 heavy (non-hydrogen) atoms. The first-order chi connectivity index (χ1) is 13.6. The van der Waals surface area contributed by atoms with E-state index in [2.05, 4.69) is 22.4 Å². The second-order valence-electron chi connectivity index (χ2n) is 6.64. The van der Waals surface area contributed by atoms with Crippen LogP contribution in [0.4, 0.5) is 10.5 Å². The van der Waals surface area contributed by atoms with E-state index in [1.54, 1.807) is 33.5 Å². The maximum Gasteiger partial charge on any atom is 0.322 e. The van der Waals surface area contributed by atoms with Crippen LogP contribution in [0.3, 0.4) is 0 Å². The summed E-state index contributed by atoms with van der Waals surface area (Å²) in [6.07, 6.45) is 0.798. The van der Waals surface area contributed by atoms with Crippen molar-refractivity contribution >= 4 is 22.6 Å². The summed E-state index contributed by atoms with van der Waals surface area (Å²) in [4.78, 5) is 18.2. The molecular weight excluding hydrogens is 358 g/mol. The molecule has 0 saturated heterocycles. The number of carbonyl (C=O) groups excluding carboxylic acids is 1. The van der Waals surface area contributed by atoms with Crippen LogP contribution < -0.4 is 19.5 Å². The Bertz CT molecular complexity index is 1000. The first-order valence-electron chi connectivity index (χ1n) is 9.09. The number of aromatic amines is 1. The second kappa shape index (κ2) is 7.34. The normalized spacial score (nSPS) is 13.2. The molecular formula is C21H23N3O4. The highest BCUT2D eigenvalue weighted by Crippen LogP contribution is 2.40. The molecule has 0 atom stereocenters. The van der Waals surface area contributed by atoms with E-state index in [0.29, 0.717) is 36.0 Å². The molecule has 1 aliphatic heterocycles. The largest absolute Gasteiger partial charge is 0.493 e. The van der Waals surface area contributed by atoms with Crippen molar-refractivity contribution < 1.29 is 19.0 Å². The smallest absolute Gasteiger partial charge is 0.322 e. The van der Waals surface area contributed by atoms with Crippen LogP contribution in [0, 0.1) is 0 Å². The lowest BCUT2D eigenvalue weighted by atomic mass is 10.0. The Morgan fingerprint density at radius 3 is 2.46 bits per heavy atom. The van der Waals surface area contributed by atoms with Gasteiger partial charge in [-0.25, -0.2) is 4.79 Å². The molecule has 2 aromatic carbocycles. The fourth-order valence-electron chi connectivity index (χ4n) is 3.70. The number of methoxy groups -OCH3 is 3. The molecule has 0 unspecified atom stereocenters. The van der Waals surface area contributed by atoms with E-state index in [1.165, 1.54) is 16.6 Å². The van der Waals surface area contributed by atoms with Crippen LogP contribution >= 0.6 is 0 Å². The zero-order valence-electron chi connectivity index (χ0n) is 16.2. The number of amides is 2. The molecule has 0 bridgehead atoms. The number of para-hydroxylation sites is 1. The summed E-state index contributed by atoms with van der Waals surface area (Å²) in [6.45, 7) is 1.21. The quantitative estimate of drug-likeness (QED) is 0.721. The number of nitrogens with zero attached hydrogens (tertiary/aromatic N) is 1. The molecule has 2 heterocycles. The maximum atomic E-state index is 12.9. The molecule has 0 fully saturated rings. The number of nitrogens with one attached hydrogen (secondary N) is 2. The molecule has 0 radical (unpaired) electrons. The molecule has 0 saturated carbocycles. The number of rotatable bonds is 4. The molecule has 3 aromatic rings. The second-order valence-corrected chi connectivity index (χ2v) is 6.64. The van der Waals surface area contributed by atoms with Crippen LogP contribution in [-0.2, 0) is 13.0 Å². The van der Waals surface area contributed by atoms with Gasteiger partial charge in [0.25, 0.3) is 0 Å². The van der Waals surface area contributed by atoms with E-state index in [0.717, 1.165) is 11.9 Å². The van der Waals surface area contributed by atoms with Gasteiger partial charge in [-0.15, -0.1) is 0 Å². The van der Waals surface area contributed by atoms with Crippen molar-refractivity contribution in [1.29, 1.82) is 0 Å². The Balaban J connectivity index is 1.56. The summed E-state index contributed by atoms with van der Waals surface area (Å²) in [6, 6.07) is 11.5. The molecule has 7 heteroatoms. The molecule has 7 nitrogen and oxygen atoms in total. The van der Waals surface area contributed by atoms with Crippen LogP contribution in [-0.4, -0.2) is 43.8 Å². The first-order valence-corrected chi connectivity index (χ1v) is 9.09. The number of anilines is 1. The summed E-state index contributed by atoms with van der Waals surface area (Å²) in [7, 11) is 4.64. The minimum atomic E-state index is -0.162. The van der Waals surface area contributed by atoms with Crippen LogP contribution in [0.15, 0.2) is 36.4 Å². The SMILES string of the molecule is COc1cc(NC(=O)N2CCc3[nH]c4ccccc4c3C2)cc(OC)c1OC. The van der Waals surface area contributed by atoms with Crippen molar-refractivity contribution in [2.24, 2.45) is 0 Å². The van der Waals surface area contributed by atoms with Gasteiger partial charge in [0.15, 0.2) is 11.5 Å². The van der Waals surface area contributed by atoms with E-state index >= 15 is 0 Å². The molecule has 146 valence electrons. The van der Waals surface area contributed by atoms with E-state index in [1.807, 2.05) is 17.0 Å². The van der Waals surface area contributed by atoms with Crippen LogP contribution in [0.5, 0.6) is 17.2 Å².